The summed E-state index contributed by atoms with van der Waals surface area (Å²) in [5.41, 5.74) is 5.22. The van der Waals surface area contributed by atoms with Gasteiger partial charge in [0.2, 0.25) is 5.91 Å². The van der Waals surface area contributed by atoms with Gasteiger partial charge in [0, 0.05) is 25.2 Å². The smallest absolute Gasteiger partial charge is 0.237 e. The van der Waals surface area contributed by atoms with Gasteiger partial charge in [0.25, 0.3) is 0 Å². The van der Waals surface area contributed by atoms with E-state index in [0.29, 0.717) is 12.1 Å². The van der Waals surface area contributed by atoms with Gasteiger partial charge in [0.05, 0.1) is 18.8 Å². The monoisotopic (exact) mass is 253 g/mol. The van der Waals surface area contributed by atoms with Gasteiger partial charge in [0.1, 0.15) is 0 Å². The second-order valence-electron chi connectivity index (χ2n) is 5.91. The lowest BCUT2D eigenvalue weighted by molar-refractivity contribution is -0.124. The van der Waals surface area contributed by atoms with Crippen LogP contribution in [0, 0.1) is 0 Å². The van der Waals surface area contributed by atoms with E-state index in [0.717, 1.165) is 45.6 Å². The predicted octanol–water partition coefficient (Wildman–Crippen LogP) is -0.153. The topological polar surface area (TPSA) is 67.6 Å². The highest BCUT2D eigenvalue weighted by Crippen LogP contribution is 2.36. The van der Waals surface area contributed by atoms with Gasteiger partial charge >= 0.3 is 0 Å². The number of nitrogens with one attached hydrogen (secondary N) is 1. The molecule has 0 bridgehead atoms. The minimum absolute atomic E-state index is 0.162. The van der Waals surface area contributed by atoms with E-state index in [1.165, 1.54) is 12.8 Å². The molecule has 0 radical (unpaired) electrons. The molecule has 1 amide bonds. The lowest BCUT2D eigenvalue weighted by Crippen LogP contribution is -2.55. The Bertz CT molecular complexity index is 326. The molecule has 2 aliphatic carbocycles. The Morgan fingerprint density at radius 3 is 2.61 bits per heavy atom. The van der Waals surface area contributed by atoms with E-state index in [4.69, 9.17) is 10.5 Å². The number of morpholine rings is 1. The molecule has 0 aromatic carbocycles. The van der Waals surface area contributed by atoms with Gasteiger partial charge in [0.15, 0.2) is 0 Å². The molecule has 3 fully saturated rings. The number of carbonyl (C=O) groups excluding carboxylic acids is 1. The van der Waals surface area contributed by atoms with E-state index in [-0.39, 0.29) is 5.91 Å². The number of carbonyl (C=O) groups is 1. The first-order valence-corrected chi connectivity index (χ1v) is 7.09. The number of hydrogen-bond donors (Lipinski definition) is 2. The van der Waals surface area contributed by atoms with Crippen LogP contribution in [0.4, 0.5) is 0 Å². The highest BCUT2D eigenvalue weighted by molar-refractivity contribution is 5.85. The number of hydrogen-bond acceptors (Lipinski definition) is 4. The number of nitrogens with two attached hydrogens (primary N) is 1. The fourth-order valence-electron chi connectivity index (χ4n) is 3.32. The van der Waals surface area contributed by atoms with Crippen LogP contribution in [0.25, 0.3) is 0 Å². The Morgan fingerprint density at radius 2 is 2.00 bits per heavy atom. The standard InChI is InChI=1S/C13H23N3O2/c14-12(17)13(15-10-1-2-10)4-3-11(9-13)16-5-7-18-8-6-16/h10-11,15H,1-9H2,(H2,14,17). The maximum atomic E-state index is 11.8. The Hall–Kier alpha value is -0.650. The van der Waals surface area contributed by atoms with Gasteiger partial charge in [-0.3, -0.25) is 9.69 Å². The largest absolute Gasteiger partial charge is 0.379 e. The normalized spacial score (nSPS) is 37.9. The van der Waals surface area contributed by atoms with Crippen LogP contribution in [0.1, 0.15) is 32.1 Å². The number of nitrogens with zero attached hydrogens (tertiary/aromatic N) is 1. The van der Waals surface area contributed by atoms with Gasteiger partial charge in [-0.1, -0.05) is 0 Å². The first-order valence-electron chi connectivity index (χ1n) is 7.09. The molecule has 2 atom stereocenters. The van der Waals surface area contributed by atoms with E-state index in [9.17, 15) is 4.79 Å². The van der Waals surface area contributed by atoms with Crippen LogP contribution in [0.3, 0.4) is 0 Å². The van der Waals surface area contributed by atoms with Crippen LogP contribution >= 0.6 is 0 Å². The molecule has 0 aromatic heterocycles. The van der Waals surface area contributed by atoms with Crippen molar-refractivity contribution in [3.05, 3.63) is 0 Å². The molecule has 0 aromatic rings. The SMILES string of the molecule is NC(=O)C1(NC2CC2)CCC(N2CCOCC2)C1. The highest BCUT2D eigenvalue weighted by Gasteiger charge is 2.48. The molecule has 3 aliphatic rings. The first-order chi connectivity index (χ1) is 8.70. The maximum absolute atomic E-state index is 11.8. The van der Waals surface area contributed by atoms with Crippen LogP contribution in [0.5, 0.6) is 0 Å². The van der Waals surface area contributed by atoms with Crippen molar-refractivity contribution in [2.75, 3.05) is 26.3 Å². The summed E-state index contributed by atoms with van der Waals surface area (Å²) in [6, 6.07) is 1.02. The summed E-state index contributed by atoms with van der Waals surface area (Å²) < 4.78 is 5.38. The maximum Gasteiger partial charge on any atom is 0.237 e. The van der Waals surface area contributed by atoms with Crippen molar-refractivity contribution in [3.8, 4) is 0 Å². The van der Waals surface area contributed by atoms with Crippen LogP contribution in [0.2, 0.25) is 0 Å². The third kappa shape index (κ3) is 2.39. The van der Waals surface area contributed by atoms with Gasteiger partial charge in [-0.05, 0) is 32.1 Å². The van der Waals surface area contributed by atoms with Gasteiger partial charge in [-0.2, -0.15) is 0 Å². The van der Waals surface area contributed by atoms with E-state index >= 15 is 0 Å². The minimum Gasteiger partial charge on any atom is -0.379 e. The lowest BCUT2D eigenvalue weighted by Gasteiger charge is -2.34. The quantitative estimate of drug-likeness (QED) is 0.731. The van der Waals surface area contributed by atoms with Crippen molar-refractivity contribution in [1.29, 1.82) is 0 Å². The number of primary amides is 1. The molecule has 1 heterocycles. The van der Waals surface area contributed by atoms with Crippen molar-refractivity contribution in [1.82, 2.24) is 10.2 Å². The molecule has 1 aliphatic heterocycles. The number of ether oxygens (including phenoxy) is 1. The van der Waals surface area contributed by atoms with Crippen molar-refractivity contribution in [2.45, 2.75) is 49.7 Å². The molecule has 2 saturated carbocycles. The summed E-state index contributed by atoms with van der Waals surface area (Å²) in [5, 5.41) is 3.50. The van der Waals surface area contributed by atoms with Crippen LogP contribution < -0.4 is 11.1 Å². The summed E-state index contributed by atoms with van der Waals surface area (Å²) in [6.07, 6.45) is 5.22. The molecule has 102 valence electrons. The van der Waals surface area contributed by atoms with Crippen LogP contribution in [-0.2, 0) is 9.53 Å². The van der Waals surface area contributed by atoms with Gasteiger partial charge in [-0.25, -0.2) is 0 Å². The molecule has 1 saturated heterocycles. The van der Waals surface area contributed by atoms with Crippen molar-refractivity contribution < 1.29 is 9.53 Å². The summed E-state index contributed by atoms with van der Waals surface area (Å²) >= 11 is 0. The Morgan fingerprint density at radius 1 is 1.28 bits per heavy atom. The summed E-state index contributed by atoms with van der Waals surface area (Å²) in [7, 11) is 0. The molecule has 2 unspecified atom stereocenters. The Labute approximate surface area is 108 Å². The molecule has 18 heavy (non-hydrogen) atoms. The van der Waals surface area contributed by atoms with E-state index in [2.05, 4.69) is 10.2 Å². The van der Waals surface area contributed by atoms with Crippen molar-refractivity contribution in [2.24, 2.45) is 5.73 Å². The minimum atomic E-state index is -0.440. The van der Waals surface area contributed by atoms with Crippen LogP contribution in [-0.4, -0.2) is 54.7 Å². The highest BCUT2D eigenvalue weighted by atomic mass is 16.5. The van der Waals surface area contributed by atoms with E-state index in [1.807, 2.05) is 0 Å². The fourth-order valence-corrected chi connectivity index (χ4v) is 3.32. The summed E-state index contributed by atoms with van der Waals surface area (Å²) in [5.74, 6) is -0.162. The second kappa shape index (κ2) is 4.79. The number of amides is 1. The van der Waals surface area contributed by atoms with Gasteiger partial charge in [-0.15, -0.1) is 0 Å². The average molecular weight is 253 g/mol. The first kappa shape index (κ1) is 12.4. The summed E-state index contributed by atoms with van der Waals surface area (Å²) in [6.45, 7) is 3.61. The lowest BCUT2D eigenvalue weighted by atomic mass is 9.96. The van der Waals surface area contributed by atoms with E-state index in [1.54, 1.807) is 0 Å². The zero-order valence-electron chi connectivity index (χ0n) is 10.9. The predicted molar refractivity (Wildman–Crippen MR) is 68.1 cm³/mol. The molecular formula is C13H23N3O2. The second-order valence-corrected chi connectivity index (χ2v) is 5.91. The fraction of sp³-hybridized carbons (Fsp3) is 0.923. The zero-order chi connectivity index (χ0) is 12.6. The number of rotatable bonds is 4. The Kier molecular flexibility index (Phi) is 3.30. The third-order valence-corrected chi connectivity index (χ3v) is 4.58. The summed E-state index contributed by atoms with van der Waals surface area (Å²) in [4.78, 5) is 14.3. The molecular weight excluding hydrogens is 230 g/mol. The van der Waals surface area contributed by atoms with Crippen molar-refractivity contribution in [3.63, 3.8) is 0 Å². The molecule has 5 nitrogen and oxygen atoms in total. The van der Waals surface area contributed by atoms with Crippen molar-refractivity contribution >= 4 is 5.91 Å². The third-order valence-electron chi connectivity index (χ3n) is 4.58. The average Bonchev–Trinajstić information content (AvgIpc) is 3.07. The molecule has 3 rings (SSSR count). The molecule has 0 spiro atoms. The molecule has 3 N–H and O–H groups in total. The van der Waals surface area contributed by atoms with E-state index < -0.39 is 5.54 Å². The Balaban J connectivity index is 1.64. The van der Waals surface area contributed by atoms with Gasteiger partial charge < -0.3 is 15.8 Å². The molecule has 5 heteroatoms. The van der Waals surface area contributed by atoms with Crippen LogP contribution in [0.15, 0.2) is 0 Å². The zero-order valence-corrected chi connectivity index (χ0v) is 10.9.